The van der Waals surface area contributed by atoms with Gasteiger partial charge in [-0.3, -0.25) is 4.98 Å². The number of benzene rings is 1. The first-order valence-corrected chi connectivity index (χ1v) is 8.69. The van der Waals surface area contributed by atoms with Gasteiger partial charge < -0.3 is 9.88 Å². The maximum atomic E-state index is 4.76. The van der Waals surface area contributed by atoms with Crippen LogP contribution in [-0.2, 0) is 13.6 Å². The number of fused-ring (bicyclic) bond motifs is 3. The smallest absolute Gasteiger partial charge is 0.167 e. The molecule has 4 heterocycles. The topological polar surface area (TPSA) is 72.9 Å². The Bertz CT molecular complexity index is 1220. The van der Waals surface area contributed by atoms with Crippen LogP contribution in [-0.4, -0.2) is 29.1 Å². The van der Waals surface area contributed by atoms with E-state index in [-0.39, 0.29) is 0 Å². The molecule has 132 valence electrons. The zero-order chi connectivity index (χ0) is 18.2. The molecule has 0 spiro atoms. The van der Waals surface area contributed by atoms with Gasteiger partial charge in [0.1, 0.15) is 0 Å². The van der Waals surface area contributed by atoms with Crippen molar-refractivity contribution in [1.82, 2.24) is 29.1 Å². The highest BCUT2D eigenvalue weighted by Gasteiger charge is 2.15. The summed E-state index contributed by atoms with van der Waals surface area (Å²) in [6.45, 7) is 0.579. The van der Waals surface area contributed by atoms with E-state index in [1.807, 2.05) is 70.7 Å². The molecule has 1 N–H and O–H groups in total. The van der Waals surface area contributed by atoms with E-state index in [1.165, 1.54) is 0 Å². The van der Waals surface area contributed by atoms with Crippen LogP contribution in [0.1, 0.15) is 5.69 Å². The minimum absolute atomic E-state index is 0.579. The SMILES string of the molecule is Cn1cnc2c(NCc3ccccn3)nc3cc(-c4ccccc4)nn3c21. The fourth-order valence-corrected chi connectivity index (χ4v) is 3.17. The van der Waals surface area contributed by atoms with Gasteiger partial charge >= 0.3 is 0 Å². The Morgan fingerprint density at radius 1 is 1.00 bits per heavy atom. The first-order valence-electron chi connectivity index (χ1n) is 8.69. The van der Waals surface area contributed by atoms with E-state index in [0.717, 1.165) is 39.6 Å². The van der Waals surface area contributed by atoms with E-state index >= 15 is 0 Å². The number of aryl methyl sites for hydroxylation is 1. The van der Waals surface area contributed by atoms with E-state index < -0.39 is 0 Å². The number of hydrogen-bond acceptors (Lipinski definition) is 5. The third kappa shape index (κ3) is 2.69. The van der Waals surface area contributed by atoms with Crippen LogP contribution >= 0.6 is 0 Å². The van der Waals surface area contributed by atoms with E-state index in [9.17, 15) is 0 Å². The Balaban J connectivity index is 1.63. The highest BCUT2D eigenvalue weighted by molar-refractivity contribution is 5.86. The molecule has 0 unspecified atom stereocenters. The average molecular weight is 355 g/mol. The Morgan fingerprint density at radius 2 is 1.85 bits per heavy atom. The first-order chi connectivity index (χ1) is 13.3. The number of hydrogen-bond donors (Lipinski definition) is 1. The van der Waals surface area contributed by atoms with Gasteiger partial charge in [0.05, 0.1) is 24.3 Å². The molecule has 0 aliphatic rings. The zero-order valence-electron chi connectivity index (χ0n) is 14.7. The molecule has 0 aliphatic heterocycles. The van der Waals surface area contributed by atoms with E-state index in [4.69, 9.17) is 10.1 Å². The molecule has 7 heteroatoms. The van der Waals surface area contributed by atoms with Crippen LogP contribution in [0.4, 0.5) is 5.82 Å². The molecule has 27 heavy (non-hydrogen) atoms. The lowest BCUT2D eigenvalue weighted by atomic mass is 10.2. The normalized spacial score (nSPS) is 11.3. The van der Waals surface area contributed by atoms with Crippen LogP contribution in [0.2, 0.25) is 0 Å². The van der Waals surface area contributed by atoms with Gasteiger partial charge in [-0.15, -0.1) is 0 Å². The van der Waals surface area contributed by atoms with Gasteiger partial charge in [-0.2, -0.15) is 9.61 Å². The summed E-state index contributed by atoms with van der Waals surface area (Å²) >= 11 is 0. The summed E-state index contributed by atoms with van der Waals surface area (Å²) in [4.78, 5) is 13.6. The largest absolute Gasteiger partial charge is 0.362 e. The molecule has 5 aromatic rings. The van der Waals surface area contributed by atoms with Crippen LogP contribution in [0.5, 0.6) is 0 Å². The van der Waals surface area contributed by atoms with E-state index in [0.29, 0.717) is 6.54 Å². The predicted octanol–water partition coefficient (Wildman–Crippen LogP) is 3.29. The third-order valence-electron chi connectivity index (χ3n) is 4.48. The highest BCUT2D eigenvalue weighted by atomic mass is 15.3. The Morgan fingerprint density at radius 3 is 2.67 bits per heavy atom. The quantitative estimate of drug-likeness (QED) is 0.535. The lowest BCUT2D eigenvalue weighted by Crippen LogP contribution is -2.06. The lowest BCUT2D eigenvalue weighted by molar-refractivity contribution is 0.876. The molecule has 0 atom stereocenters. The number of imidazole rings is 1. The van der Waals surface area contributed by atoms with Crippen molar-refractivity contribution in [2.45, 2.75) is 6.54 Å². The van der Waals surface area contributed by atoms with Crippen molar-refractivity contribution < 1.29 is 0 Å². The van der Waals surface area contributed by atoms with Gasteiger partial charge in [-0.1, -0.05) is 36.4 Å². The number of rotatable bonds is 4. The van der Waals surface area contributed by atoms with Gasteiger partial charge in [-0.05, 0) is 12.1 Å². The first kappa shape index (κ1) is 15.5. The summed E-state index contributed by atoms with van der Waals surface area (Å²) in [5.74, 6) is 0.725. The standard InChI is InChI=1S/C20H17N7/c1-26-13-23-18-19(22-12-15-9-5-6-10-21-15)24-17-11-16(25-27(17)20(18)26)14-7-3-2-4-8-14/h2-11,13H,12H2,1H3,(H,22,24). The molecule has 0 saturated heterocycles. The molecule has 5 rings (SSSR count). The third-order valence-corrected chi connectivity index (χ3v) is 4.48. The van der Waals surface area contributed by atoms with Crippen LogP contribution in [0.3, 0.4) is 0 Å². The molecule has 1 aromatic carbocycles. The monoisotopic (exact) mass is 355 g/mol. The van der Waals surface area contributed by atoms with Crippen molar-refractivity contribution >= 4 is 22.6 Å². The van der Waals surface area contributed by atoms with Crippen LogP contribution in [0, 0.1) is 0 Å². The molecule has 0 radical (unpaired) electrons. The van der Waals surface area contributed by atoms with Crippen molar-refractivity contribution in [1.29, 1.82) is 0 Å². The maximum absolute atomic E-state index is 4.76. The van der Waals surface area contributed by atoms with Crippen LogP contribution in [0.15, 0.2) is 67.1 Å². The summed E-state index contributed by atoms with van der Waals surface area (Å²) in [5, 5.41) is 8.12. The summed E-state index contributed by atoms with van der Waals surface area (Å²) < 4.78 is 3.80. The zero-order valence-corrected chi connectivity index (χ0v) is 14.7. The number of aromatic nitrogens is 6. The van der Waals surface area contributed by atoms with Gasteiger partial charge in [-0.25, -0.2) is 9.97 Å². The van der Waals surface area contributed by atoms with Crippen LogP contribution in [0.25, 0.3) is 28.1 Å². The number of nitrogens with one attached hydrogen (secondary N) is 1. The minimum Gasteiger partial charge on any atom is -0.362 e. The van der Waals surface area contributed by atoms with Crippen molar-refractivity contribution in [2.24, 2.45) is 7.05 Å². The molecular weight excluding hydrogens is 338 g/mol. The minimum atomic E-state index is 0.579. The summed E-state index contributed by atoms with van der Waals surface area (Å²) in [6, 6.07) is 17.9. The lowest BCUT2D eigenvalue weighted by Gasteiger charge is -2.07. The molecule has 0 bridgehead atoms. The number of nitrogens with zero attached hydrogens (tertiary/aromatic N) is 6. The number of anilines is 1. The average Bonchev–Trinajstić information content (AvgIpc) is 3.31. The maximum Gasteiger partial charge on any atom is 0.167 e. The van der Waals surface area contributed by atoms with Crippen molar-refractivity contribution in [3.63, 3.8) is 0 Å². The molecule has 4 aromatic heterocycles. The predicted molar refractivity (Wildman–Crippen MR) is 104 cm³/mol. The van der Waals surface area contributed by atoms with E-state index in [1.54, 1.807) is 12.5 Å². The second-order valence-corrected chi connectivity index (χ2v) is 6.33. The van der Waals surface area contributed by atoms with Crippen molar-refractivity contribution in [2.75, 3.05) is 5.32 Å². The molecule has 0 amide bonds. The van der Waals surface area contributed by atoms with Gasteiger partial charge in [0.2, 0.25) is 0 Å². The molecule has 7 nitrogen and oxygen atoms in total. The molecule has 0 saturated carbocycles. The fraction of sp³-hybridized carbons (Fsp3) is 0.100. The fourth-order valence-electron chi connectivity index (χ4n) is 3.17. The van der Waals surface area contributed by atoms with Gasteiger partial charge in [0.15, 0.2) is 22.6 Å². The second kappa shape index (κ2) is 6.21. The molecular formula is C20H17N7. The van der Waals surface area contributed by atoms with Crippen molar-refractivity contribution in [3.8, 4) is 11.3 Å². The molecule has 0 fully saturated rings. The van der Waals surface area contributed by atoms with Gasteiger partial charge in [0.25, 0.3) is 0 Å². The van der Waals surface area contributed by atoms with Crippen molar-refractivity contribution in [3.05, 3.63) is 72.8 Å². The highest BCUT2D eigenvalue weighted by Crippen LogP contribution is 2.25. The van der Waals surface area contributed by atoms with E-state index in [2.05, 4.69) is 15.3 Å². The Kier molecular flexibility index (Phi) is 3.57. The molecule has 0 aliphatic carbocycles. The second-order valence-electron chi connectivity index (χ2n) is 6.33. The Hall–Kier alpha value is -3.74. The summed E-state index contributed by atoms with van der Waals surface area (Å²) in [5.41, 5.74) is 5.33. The Labute approximate surface area is 155 Å². The van der Waals surface area contributed by atoms with Crippen LogP contribution < -0.4 is 5.32 Å². The summed E-state index contributed by atoms with van der Waals surface area (Å²) in [7, 11) is 1.96. The van der Waals surface area contributed by atoms with Gasteiger partial charge in [0, 0.05) is 24.9 Å². The number of pyridine rings is 1. The summed E-state index contributed by atoms with van der Waals surface area (Å²) in [6.07, 6.45) is 3.56.